The van der Waals surface area contributed by atoms with E-state index in [1.807, 2.05) is 4.90 Å². The normalized spacial score (nSPS) is 24.4. The van der Waals surface area contributed by atoms with E-state index in [0.29, 0.717) is 18.7 Å². The van der Waals surface area contributed by atoms with Gasteiger partial charge in [0.15, 0.2) is 0 Å². The van der Waals surface area contributed by atoms with Crippen molar-refractivity contribution in [3.05, 3.63) is 60.2 Å². The lowest BCUT2D eigenvalue weighted by molar-refractivity contribution is -0.127. The van der Waals surface area contributed by atoms with Gasteiger partial charge in [-0.15, -0.1) is 0 Å². The van der Waals surface area contributed by atoms with Crippen LogP contribution in [0.5, 0.6) is 6.01 Å². The molecule has 0 spiro atoms. The summed E-state index contributed by atoms with van der Waals surface area (Å²) in [6.45, 7) is 6.94. The number of fused-ring (bicyclic) bond motifs is 3. The van der Waals surface area contributed by atoms with Crippen LogP contribution in [-0.4, -0.2) is 77.1 Å². The van der Waals surface area contributed by atoms with Crippen molar-refractivity contribution in [2.45, 2.75) is 63.1 Å². The van der Waals surface area contributed by atoms with E-state index in [1.54, 1.807) is 0 Å². The Morgan fingerprint density at radius 3 is 2.82 bits per heavy atom. The fraction of sp³-hybridized carbons (Fsp3) is 0.469. The summed E-state index contributed by atoms with van der Waals surface area (Å²) in [6.07, 6.45) is 9.54. The Morgan fingerprint density at radius 1 is 1.08 bits per heavy atom. The smallest absolute Gasteiger partial charge is 0.319 e. The standard InChI is InChI=1S/C32H37N5O2/c1-3-30(38)36-17-15-28-29(36)19-37(28)31-26-14-13-22(25-12-6-9-21-8-4-5-11-24(21)25)18-27(26)33-32(34-31)39-20-23-10-7-16-35(23)2/h3,6,9,12-14,18,23,28-29H,1,4-5,7-8,10-11,15-17,19-20H2,2H3/t23-,28+,29+/m0/s1. The number of hydrogen-bond donors (Lipinski definition) is 0. The Morgan fingerprint density at radius 2 is 1.97 bits per heavy atom. The number of benzene rings is 2. The topological polar surface area (TPSA) is 61.8 Å². The number of likely N-dealkylation sites (tertiary alicyclic amines) is 2. The maximum absolute atomic E-state index is 12.4. The first-order valence-corrected chi connectivity index (χ1v) is 14.6. The summed E-state index contributed by atoms with van der Waals surface area (Å²) in [5.41, 5.74) is 6.42. The number of likely N-dealkylation sites (N-methyl/N-ethyl adjacent to an activating group) is 1. The molecule has 3 atom stereocenters. The highest BCUT2D eigenvalue weighted by molar-refractivity contribution is 5.94. The molecule has 0 bridgehead atoms. The van der Waals surface area contributed by atoms with Crippen molar-refractivity contribution in [2.24, 2.45) is 0 Å². The fourth-order valence-electron chi connectivity index (χ4n) is 7.21. The van der Waals surface area contributed by atoms with Crippen molar-refractivity contribution in [2.75, 3.05) is 38.2 Å². The van der Waals surface area contributed by atoms with Gasteiger partial charge in [-0.25, -0.2) is 0 Å². The van der Waals surface area contributed by atoms with E-state index in [-0.39, 0.29) is 18.0 Å². The molecule has 7 nitrogen and oxygen atoms in total. The van der Waals surface area contributed by atoms with E-state index < -0.39 is 0 Å². The lowest BCUT2D eigenvalue weighted by atomic mass is 9.86. The van der Waals surface area contributed by atoms with Gasteiger partial charge in [0.2, 0.25) is 5.91 Å². The number of hydrogen-bond acceptors (Lipinski definition) is 6. The highest BCUT2D eigenvalue weighted by Crippen LogP contribution is 2.40. The Labute approximate surface area is 230 Å². The predicted octanol–water partition coefficient (Wildman–Crippen LogP) is 4.62. The first-order chi connectivity index (χ1) is 19.1. The van der Waals surface area contributed by atoms with Crippen molar-refractivity contribution in [1.82, 2.24) is 19.8 Å². The predicted molar refractivity (Wildman–Crippen MR) is 154 cm³/mol. The van der Waals surface area contributed by atoms with E-state index in [1.165, 1.54) is 54.0 Å². The Kier molecular flexibility index (Phi) is 6.26. The summed E-state index contributed by atoms with van der Waals surface area (Å²) >= 11 is 0. The zero-order chi connectivity index (χ0) is 26.5. The molecule has 2 aromatic carbocycles. The van der Waals surface area contributed by atoms with Gasteiger partial charge >= 0.3 is 6.01 Å². The Bertz CT molecular complexity index is 1440. The monoisotopic (exact) mass is 523 g/mol. The van der Waals surface area contributed by atoms with E-state index in [0.717, 1.165) is 55.6 Å². The number of carbonyl (C=O) groups is 1. The molecule has 0 saturated carbocycles. The second-order valence-corrected chi connectivity index (χ2v) is 11.6. The molecular weight excluding hydrogens is 486 g/mol. The SMILES string of the molecule is C=CC(=O)N1CC[C@@H]2[C@H]1CN2c1nc(OC[C@@H]2CCCN2C)nc2cc(-c3cccc4c3CCCC4)ccc12. The second-order valence-electron chi connectivity index (χ2n) is 11.6. The van der Waals surface area contributed by atoms with Gasteiger partial charge in [-0.1, -0.05) is 30.8 Å². The lowest BCUT2D eigenvalue weighted by Crippen LogP contribution is -2.63. The number of aryl methyl sites for hydroxylation is 1. The molecule has 7 heteroatoms. The van der Waals surface area contributed by atoms with Gasteiger partial charge in [-0.3, -0.25) is 4.79 Å². The van der Waals surface area contributed by atoms with Crippen LogP contribution in [0.25, 0.3) is 22.0 Å². The van der Waals surface area contributed by atoms with Crippen molar-refractivity contribution in [3.63, 3.8) is 0 Å². The number of nitrogens with zero attached hydrogens (tertiary/aromatic N) is 5. The molecule has 3 aromatic rings. The molecule has 0 unspecified atom stereocenters. The van der Waals surface area contributed by atoms with Crippen molar-refractivity contribution >= 4 is 22.6 Å². The average Bonchev–Trinajstić information content (AvgIpc) is 3.52. The van der Waals surface area contributed by atoms with Crippen LogP contribution < -0.4 is 9.64 Å². The summed E-state index contributed by atoms with van der Waals surface area (Å²) in [5, 5.41) is 1.04. The van der Waals surface area contributed by atoms with Gasteiger partial charge in [0.25, 0.3) is 0 Å². The van der Waals surface area contributed by atoms with Crippen LogP contribution in [0.15, 0.2) is 49.1 Å². The molecule has 4 heterocycles. The zero-order valence-electron chi connectivity index (χ0n) is 22.8. The van der Waals surface area contributed by atoms with Crippen LogP contribution >= 0.6 is 0 Å². The molecule has 39 heavy (non-hydrogen) atoms. The molecule has 3 fully saturated rings. The summed E-state index contributed by atoms with van der Waals surface area (Å²) in [4.78, 5) is 29.0. The highest BCUT2D eigenvalue weighted by Gasteiger charge is 2.49. The molecule has 1 amide bonds. The van der Waals surface area contributed by atoms with Gasteiger partial charge in [0, 0.05) is 24.5 Å². The van der Waals surface area contributed by atoms with Crippen LogP contribution in [0, 0.1) is 0 Å². The molecule has 0 N–H and O–H groups in total. The summed E-state index contributed by atoms with van der Waals surface area (Å²) in [6, 6.07) is 14.7. The minimum atomic E-state index is 0.0234. The average molecular weight is 524 g/mol. The third-order valence-electron chi connectivity index (χ3n) is 9.46. The molecule has 7 rings (SSSR count). The maximum atomic E-state index is 12.4. The van der Waals surface area contributed by atoms with Crippen LogP contribution in [0.1, 0.15) is 43.2 Å². The largest absolute Gasteiger partial charge is 0.462 e. The minimum Gasteiger partial charge on any atom is -0.462 e. The van der Waals surface area contributed by atoms with Crippen molar-refractivity contribution in [3.8, 4) is 17.1 Å². The summed E-state index contributed by atoms with van der Waals surface area (Å²) in [5.74, 6) is 0.945. The second kappa shape index (κ2) is 9.94. The van der Waals surface area contributed by atoms with Gasteiger partial charge in [0.1, 0.15) is 12.4 Å². The molecule has 202 valence electrons. The minimum absolute atomic E-state index is 0.0234. The molecule has 1 aliphatic carbocycles. The first-order valence-electron chi connectivity index (χ1n) is 14.6. The third kappa shape index (κ3) is 4.27. The maximum Gasteiger partial charge on any atom is 0.319 e. The third-order valence-corrected chi connectivity index (χ3v) is 9.46. The number of carbonyl (C=O) groups excluding carboxylic acids is 1. The number of amides is 1. The number of aromatic nitrogens is 2. The van der Waals surface area contributed by atoms with E-state index in [4.69, 9.17) is 14.7 Å². The zero-order valence-corrected chi connectivity index (χ0v) is 22.8. The van der Waals surface area contributed by atoms with E-state index >= 15 is 0 Å². The van der Waals surface area contributed by atoms with Crippen LogP contribution in [-0.2, 0) is 17.6 Å². The quantitative estimate of drug-likeness (QED) is 0.440. The van der Waals surface area contributed by atoms with Gasteiger partial charge in [0.05, 0.1) is 17.6 Å². The Hall–Kier alpha value is -3.45. The van der Waals surface area contributed by atoms with Crippen LogP contribution in [0.3, 0.4) is 0 Å². The number of ether oxygens (including phenoxy) is 1. The van der Waals surface area contributed by atoms with E-state index in [9.17, 15) is 4.79 Å². The molecular formula is C32H37N5O2. The summed E-state index contributed by atoms with van der Waals surface area (Å²) in [7, 11) is 2.16. The number of rotatable bonds is 6. The molecule has 3 saturated heterocycles. The van der Waals surface area contributed by atoms with Gasteiger partial charge < -0.3 is 19.4 Å². The van der Waals surface area contributed by atoms with Crippen LogP contribution in [0.2, 0.25) is 0 Å². The van der Waals surface area contributed by atoms with Gasteiger partial charge in [-0.05, 0) is 99.0 Å². The lowest BCUT2D eigenvalue weighted by Gasteiger charge is -2.47. The summed E-state index contributed by atoms with van der Waals surface area (Å²) < 4.78 is 6.28. The highest BCUT2D eigenvalue weighted by atomic mass is 16.5. The Balaban J connectivity index is 1.26. The van der Waals surface area contributed by atoms with Crippen molar-refractivity contribution in [1.29, 1.82) is 0 Å². The molecule has 4 aliphatic rings. The van der Waals surface area contributed by atoms with Gasteiger partial charge in [-0.2, -0.15) is 9.97 Å². The first kappa shape index (κ1) is 24.6. The molecule has 1 aromatic heterocycles. The van der Waals surface area contributed by atoms with E-state index in [2.05, 4.69) is 59.8 Å². The molecule has 0 radical (unpaired) electrons. The fourth-order valence-corrected chi connectivity index (χ4v) is 7.21. The number of anilines is 1. The van der Waals surface area contributed by atoms with Crippen molar-refractivity contribution < 1.29 is 9.53 Å². The molecule has 3 aliphatic heterocycles. The van der Waals surface area contributed by atoms with Crippen LogP contribution in [0.4, 0.5) is 5.82 Å².